The topological polar surface area (TPSA) is 55.2 Å². The molecule has 0 aliphatic carbocycles. The highest BCUT2D eigenvalue weighted by atomic mass is 32.1. The third-order valence-electron chi connectivity index (χ3n) is 4.02. The van der Waals surface area contributed by atoms with Crippen LogP contribution in [0.2, 0.25) is 0 Å². The lowest BCUT2D eigenvalue weighted by atomic mass is 9.80. The summed E-state index contributed by atoms with van der Waals surface area (Å²) in [7, 11) is 0. The summed E-state index contributed by atoms with van der Waals surface area (Å²) in [6.07, 6.45) is 0.267. The molecule has 1 aromatic heterocycles. The first kappa shape index (κ1) is 15.9. The molecule has 1 fully saturated rings. The lowest BCUT2D eigenvalue weighted by Gasteiger charge is -2.30. The maximum absolute atomic E-state index is 10.9. The van der Waals surface area contributed by atoms with E-state index in [0.29, 0.717) is 0 Å². The Kier molecular flexibility index (Phi) is 3.77. The molecule has 1 aliphatic rings. The van der Waals surface area contributed by atoms with Crippen LogP contribution in [0.25, 0.3) is 0 Å². The van der Waals surface area contributed by atoms with Gasteiger partial charge in [0.05, 0.1) is 27.9 Å². The van der Waals surface area contributed by atoms with E-state index in [9.17, 15) is 5.11 Å². The second-order valence-electron chi connectivity index (χ2n) is 7.96. The molecule has 0 spiro atoms. The second kappa shape index (κ2) is 4.75. The van der Waals surface area contributed by atoms with Crippen molar-refractivity contribution in [1.29, 1.82) is 0 Å². The van der Waals surface area contributed by atoms with Crippen LogP contribution in [0.1, 0.15) is 71.6 Å². The largest absolute Gasteiger partial charge is 0.387 e. The molecule has 2 rings (SSSR count). The van der Waals surface area contributed by atoms with E-state index >= 15 is 0 Å². The molecule has 5 heteroatoms. The highest BCUT2D eigenvalue weighted by Crippen LogP contribution is 2.49. The van der Waals surface area contributed by atoms with E-state index in [4.69, 9.17) is 4.74 Å². The molecule has 1 aliphatic heterocycles. The molecule has 4 nitrogen and oxygen atoms in total. The number of ether oxygens (including phenoxy) is 1. The summed E-state index contributed by atoms with van der Waals surface area (Å²) in [4.78, 5) is 0.886. The zero-order valence-electron chi connectivity index (χ0n) is 13.5. The molecule has 2 heterocycles. The number of hydrogen-bond acceptors (Lipinski definition) is 5. The van der Waals surface area contributed by atoms with Crippen LogP contribution in [0.15, 0.2) is 0 Å². The summed E-state index contributed by atoms with van der Waals surface area (Å²) in [5, 5.41) is 15.1. The summed E-state index contributed by atoms with van der Waals surface area (Å²) in [6.45, 7) is 14.6. The van der Waals surface area contributed by atoms with Gasteiger partial charge in [0.25, 0.3) is 0 Å². The van der Waals surface area contributed by atoms with Gasteiger partial charge in [0, 0.05) is 11.3 Å². The van der Waals surface area contributed by atoms with Crippen molar-refractivity contribution in [2.75, 3.05) is 0 Å². The average Bonchev–Trinajstić information content (AvgIpc) is 2.78. The van der Waals surface area contributed by atoms with Crippen LogP contribution >= 0.6 is 11.5 Å². The zero-order chi connectivity index (χ0) is 15.3. The number of nitrogens with zero attached hydrogens (tertiary/aromatic N) is 2. The summed E-state index contributed by atoms with van der Waals surface area (Å²) in [6, 6.07) is 0. The van der Waals surface area contributed by atoms with E-state index in [-0.39, 0.29) is 22.5 Å². The van der Waals surface area contributed by atoms with Gasteiger partial charge in [-0.2, -0.15) is 0 Å². The van der Waals surface area contributed by atoms with E-state index in [2.05, 4.69) is 58.1 Å². The van der Waals surface area contributed by atoms with Crippen molar-refractivity contribution in [3.05, 3.63) is 10.6 Å². The van der Waals surface area contributed by atoms with Gasteiger partial charge in [-0.1, -0.05) is 25.3 Å². The highest BCUT2D eigenvalue weighted by Gasteiger charge is 2.50. The van der Waals surface area contributed by atoms with Crippen LogP contribution in [-0.2, 0) is 10.2 Å². The highest BCUT2D eigenvalue weighted by molar-refractivity contribution is 7.05. The molecule has 1 N–H and O–H groups in total. The van der Waals surface area contributed by atoms with E-state index in [1.54, 1.807) is 0 Å². The Morgan fingerprint density at radius 1 is 1.30 bits per heavy atom. The van der Waals surface area contributed by atoms with Crippen molar-refractivity contribution in [3.8, 4) is 0 Å². The number of aliphatic hydroxyl groups is 1. The lowest BCUT2D eigenvalue weighted by Crippen LogP contribution is -2.33. The first-order valence-corrected chi connectivity index (χ1v) is 7.92. The fourth-order valence-electron chi connectivity index (χ4n) is 3.19. The summed E-state index contributed by atoms with van der Waals surface area (Å²) in [5.74, 6) is 0.0563. The minimum Gasteiger partial charge on any atom is -0.387 e. The summed E-state index contributed by atoms with van der Waals surface area (Å²) >= 11 is 1.31. The first-order chi connectivity index (χ1) is 8.94. The van der Waals surface area contributed by atoms with Crippen molar-refractivity contribution in [2.45, 2.75) is 77.6 Å². The van der Waals surface area contributed by atoms with E-state index in [0.717, 1.165) is 17.0 Å². The molecule has 1 saturated heterocycles. The summed E-state index contributed by atoms with van der Waals surface area (Å²) in [5.41, 5.74) is 0.245. The Balaban J connectivity index is 2.33. The van der Waals surface area contributed by atoms with Crippen molar-refractivity contribution in [1.82, 2.24) is 9.59 Å². The molecule has 0 bridgehead atoms. The molecular formula is C15H26N2O2S. The first-order valence-electron chi connectivity index (χ1n) is 7.15. The zero-order valence-corrected chi connectivity index (χ0v) is 14.3. The Morgan fingerprint density at radius 2 is 1.90 bits per heavy atom. The third-order valence-corrected chi connectivity index (χ3v) is 4.81. The molecule has 20 heavy (non-hydrogen) atoms. The Hall–Kier alpha value is -0.520. The van der Waals surface area contributed by atoms with Crippen LogP contribution < -0.4 is 0 Å². The predicted octanol–water partition coefficient (Wildman–Crippen LogP) is 3.46. The van der Waals surface area contributed by atoms with Crippen molar-refractivity contribution in [3.63, 3.8) is 0 Å². The minimum atomic E-state index is -0.569. The van der Waals surface area contributed by atoms with E-state index in [1.807, 2.05) is 0 Å². The van der Waals surface area contributed by atoms with Crippen LogP contribution in [0.4, 0.5) is 0 Å². The molecule has 0 aromatic carbocycles. The Morgan fingerprint density at radius 3 is 2.35 bits per heavy atom. The molecule has 2 unspecified atom stereocenters. The smallest absolute Gasteiger partial charge is 0.0973 e. The molecule has 0 amide bonds. The maximum atomic E-state index is 10.9. The monoisotopic (exact) mass is 298 g/mol. The van der Waals surface area contributed by atoms with Crippen molar-refractivity contribution in [2.24, 2.45) is 5.92 Å². The SMILES string of the molecule is CC1(C)CC(C(O)c2snnc2C(C)(C)C)C(C)(C)O1. The molecule has 0 radical (unpaired) electrons. The van der Waals surface area contributed by atoms with Gasteiger partial charge >= 0.3 is 0 Å². The van der Waals surface area contributed by atoms with Gasteiger partial charge in [0.15, 0.2) is 0 Å². The van der Waals surface area contributed by atoms with Crippen LogP contribution in [-0.4, -0.2) is 25.9 Å². The van der Waals surface area contributed by atoms with E-state index < -0.39 is 6.10 Å². The van der Waals surface area contributed by atoms with Crippen LogP contribution in [0.3, 0.4) is 0 Å². The number of aliphatic hydroxyl groups excluding tert-OH is 1. The summed E-state index contributed by atoms with van der Waals surface area (Å²) < 4.78 is 10.2. The van der Waals surface area contributed by atoms with Gasteiger partial charge in [-0.05, 0) is 45.6 Å². The molecular weight excluding hydrogens is 272 g/mol. The average molecular weight is 298 g/mol. The van der Waals surface area contributed by atoms with Gasteiger partial charge < -0.3 is 9.84 Å². The van der Waals surface area contributed by atoms with Crippen LogP contribution in [0.5, 0.6) is 0 Å². The van der Waals surface area contributed by atoms with Gasteiger partial charge in [0.2, 0.25) is 0 Å². The molecule has 1 aromatic rings. The molecule has 2 atom stereocenters. The fourth-order valence-corrected chi connectivity index (χ4v) is 4.11. The fraction of sp³-hybridized carbons (Fsp3) is 0.867. The van der Waals surface area contributed by atoms with Gasteiger partial charge in [-0.15, -0.1) is 5.10 Å². The third kappa shape index (κ3) is 2.90. The number of rotatable bonds is 2. The van der Waals surface area contributed by atoms with Crippen molar-refractivity contribution < 1.29 is 9.84 Å². The Labute approximate surface area is 125 Å². The van der Waals surface area contributed by atoms with Gasteiger partial charge in [-0.25, -0.2) is 0 Å². The van der Waals surface area contributed by atoms with Gasteiger partial charge in [0.1, 0.15) is 0 Å². The quantitative estimate of drug-likeness (QED) is 0.908. The predicted molar refractivity (Wildman–Crippen MR) is 80.9 cm³/mol. The maximum Gasteiger partial charge on any atom is 0.0973 e. The number of hydrogen-bond donors (Lipinski definition) is 1. The van der Waals surface area contributed by atoms with Gasteiger partial charge in [-0.3, -0.25) is 0 Å². The Bertz CT molecular complexity index is 488. The van der Waals surface area contributed by atoms with Crippen molar-refractivity contribution >= 4 is 11.5 Å². The lowest BCUT2D eigenvalue weighted by molar-refractivity contribution is -0.0878. The standard InChI is InChI=1S/C15H26N2O2S/c1-13(2,3)12-11(20-17-16-12)10(18)9-8-14(4,5)19-15(9,6)7/h9-10,18H,8H2,1-7H3. The molecule has 114 valence electrons. The number of aromatic nitrogens is 2. The second-order valence-corrected chi connectivity index (χ2v) is 8.74. The minimum absolute atomic E-state index is 0.0563. The van der Waals surface area contributed by atoms with Crippen LogP contribution in [0, 0.1) is 5.92 Å². The molecule has 0 saturated carbocycles. The normalized spacial score (nSPS) is 26.7. The van der Waals surface area contributed by atoms with E-state index in [1.165, 1.54) is 11.5 Å².